The monoisotopic (exact) mass is 476 g/mol. The molecule has 0 unspecified atom stereocenters. The van der Waals surface area contributed by atoms with E-state index < -0.39 is 7.92 Å². The summed E-state index contributed by atoms with van der Waals surface area (Å²) in [6.45, 7) is 13.2. The van der Waals surface area contributed by atoms with Crippen LogP contribution in [0.1, 0.15) is 33.3 Å². The molecule has 4 aromatic carbocycles. The van der Waals surface area contributed by atoms with Crippen LogP contribution in [0.2, 0.25) is 0 Å². The van der Waals surface area contributed by atoms with Gasteiger partial charge >= 0.3 is 0 Å². The molecular weight excluding hydrogens is 443 g/mol. The summed E-state index contributed by atoms with van der Waals surface area (Å²) in [5.74, 6) is 0.898. The smallest absolute Gasteiger partial charge is 0.128 e. The van der Waals surface area contributed by atoms with Gasteiger partial charge in [0.2, 0.25) is 0 Å². The summed E-state index contributed by atoms with van der Waals surface area (Å²) in [5, 5.41) is 6.08. The van der Waals surface area contributed by atoms with E-state index in [0.717, 1.165) is 22.2 Å². The van der Waals surface area contributed by atoms with E-state index >= 15 is 0 Å². The van der Waals surface area contributed by atoms with Crippen LogP contribution in [-0.4, -0.2) is 6.10 Å². The highest BCUT2D eigenvalue weighted by Gasteiger charge is 2.25. The van der Waals surface area contributed by atoms with Gasteiger partial charge in [-0.3, -0.25) is 0 Å². The van der Waals surface area contributed by atoms with Gasteiger partial charge in [0.05, 0.1) is 6.10 Å². The lowest BCUT2D eigenvalue weighted by Crippen LogP contribution is -2.14. The van der Waals surface area contributed by atoms with Crippen molar-refractivity contribution in [1.82, 2.24) is 0 Å². The SMILES string of the molecule is C=C(/C(=C(C)/C=C\C)c1c(OC(C)C)ccc2ccccc12)P(c1ccccc1)c1ccccc1. The minimum absolute atomic E-state index is 0.0659. The molecule has 0 heterocycles. The second-order valence-corrected chi connectivity index (χ2v) is 11.1. The van der Waals surface area contributed by atoms with E-state index in [2.05, 4.69) is 137 Å². The van der Waals surface area contributed by atoms with Gasteiger partial charge in [0.1, 0.15) is 5.75 Å². The summed E-state index contributed by atoms with van der Waals surface area (Å²) in [6.07, 6.45) is 4.35. The van der Waals surface area contributed by atoms with Crippen molar-refractivity contribution in [3.63, 3.8) is 0 Å². The number of hydrogen-bond acceptors (Lipinski definition) is 1. The highest BCUT2D eigenvalue weighted by atomic mass is 31.1. The quantitative estimate of drug-likeness (QED) is 0.183. The molecule has 176 valence electrons. The Bertz CT molecular complexity index is 1320. The van der Waals surface area contributed by atoms with Gasteiger partial charge < -0.3 is 4.74 Å². The first-order valence-corrected chi connectivity index (χ1v) is 13.5. The topological polar surface area (TPSA) is 9.23 Å². The van der Waals surface area contributed by atoms with Crippen molar-refractivity contribution >= 4 is 34.9 Å². The van der Waals surface area contributed by atoms with Crippen LogP contribution in [-0.2, 0) is 0 Å². The van der Waals surface area contributed by atoms with Crippen LogP contribution < -0.4 is 15.3 Å². The van der Waals surface area contributed by atoms with Crippen molar-refractivity contribution < 1.29 is 4.74 Å². The summed E-state index contributed by atoms with van der Waals surface area (Å²) in [5.41, 5.74) is 3.47. The zero-order chi connectivity index (χ0) is 24.8. The molecule has 1 nitrogen and oxygen atoms in total. The molecule has 0 amide bonds. The van der Waals surface area contributed by atoms with E-state index in [1.807, 2.05) is 0 Å². The summed E-state index contributed by atoms with van der Waals surface area (Å²) in [6, 6.07) is 34.3. The Morgan fingerprint density at radius 3 is 1.94 bits per heavy atom. The van der Waals surface area contributed by atoms with Crippen molar-refractivity contribution in [2.45, 2.75) is 33.8 Å². The lowest BCUT2D eigenvalue weighted by atomic mass is 9.93. The molecule has 0 saturated carbocycles. The molecule has 0 bridgehead atoms. The predicted octanol–water partition coefficient (Wildman–Crippen LogP) is 8.62. The average Bonchev–Trinajstić information content (AvgIpc) is 2.87. The summed E-state index contributed by atoms with van der Waals surface area (Å²) in [7, 11) is -0.848. The van der Waals surface area contributed by atoms with Crippen molar-refractivity contribution in [2.75, 3.05) is 0 Å². The van der Waals surface area contributed by atoms with Gasteiger partial charge in [-0.15, -0.1) is 0 Å². The maximum atomic E-state index is 6.41. The molecule has 35 heavy (non-hydrogen) atoms. The van der Waals surface area contributed by atoms with Gasteiger partial charge in [-0.05, 0) is 79.5 Å². The molecule has 4 rings (SSSR count). The van der Waals surface area contributed by atoms with E-state index in [1.54, 1.807) is 0 Å². The molecule has 0 spiro atoms. The third kappa shape index (κ3) is 5.47. The van der Waals surface area contributed by atoms with Crippen LogP contribution in [0.25, 0.3) is 16.3 Å². The molecular formula is C33H33OP. The Kier molecular flexibility index (Phi) is 8.01. The molecule has 0 saturated heterocycles. The molecule has 0 aliphatic carbocycles. The maximum absolute atomic E-state index is 6.41. The normalized spacial score (nSPS) is 12.4. The highest BCUT2D eigenvalue weighted by Crippen LogP contribution is 2.52. The molecule has 0 atom stereocenters. The van der Waals surface area contributed by atoms with Crippen LogP contribution in [0.5, 0.6) is 5.75 Å². The fourth-order valence-corrected chi connectivity index (χ4v) is 6.86. The van der Waals surface area contributed by atoms with Gasteiger partial charge in [-0.25, -0.2) is 0 Å². The second-order valence-electron chi connectivity index (χ2n) is 8.84. The van der Waals surface area contributed by atoms with Crippen molar-refractivity contribution in [2.24, 2.45) is 0 Å². The Hall–Kier alpha value is -3.41. The molecule has 0 aliphatic rings. The highest BCUT2D eigenvalue weighted by molar-refractivity contribution is 7.77. The fourth-order valence-electron chi connectivity index (χ4n) is 4.49. The molecule has 0 aromatic heterocycles. The van der Waals surface area contributed by atoms with Crippen LogP contribution >= 0.6 is 7.92 Å². The summed E-state index contributed by atoms with van der Waals surface area (Å²) >= 11 is 0. The maximum Gasteiger partial charge on any atom is 0.128 e. The first kappa shape index (κ1) is 24.7. The van der Waals surface area contributed by atoms with Gasteiger partial charge in [0.25, 0.3) is 0 Å². The number of ether oxygens (including phenoxy) is 1. The number of benzene rings is 4. The molecule has 2 heteroatoms. The third-order valence-corrected chi connectivity index (χ3v) is 8.29. The van der Waals surface area contributed by atoms with E-state index in [4.69, 9.17) is 11.3 Å². The first-order chi connectivity index (χ1) is 17.0. The minimum atomic E-state index is -0.848. The van der Waals surface area contributed by atoms with Crippen LogP contribution in [0.3, 0.4) is 0 Å². The minimum Gasteiger partial charge on any atom is -0.490 e. The number of hydrogen-bond donors (Lipinski definition) is 0. The molecule has 0 radical (unpaired) electrons. The first-order valence-electron chi connectivity index (χ1n) is 12.1. The van der Waals surface area contributed by atoms with E-state index in [1.165, 1.54) is 27.0 Å². The number of rotatable bonds is 8. The zero-order valence-corrected chi connectivity index (χ0v) is 21.9. The van der Waals surface area contributed by atoms with Gasteiger partial charge in [-0.2, -0.15) is 0 Å². The Morgan fingerprint density at radius 2 is 1.37 bits per heavy atom. The van der Waals surface area contributed by atoms with Crippen LogP contribution in [0.4, 0.5) is 0 Å². The Balaban J connectivity index is 2.03. The number of fused-ring (bicyclic) bond motifs is 1. The fraction of sp³-hybridized carbons (Fsp3) is 0.152. The zero-order valence-electron chi connectivity index (χ0n) is 21.0. The van der Waals surface area contributed by atoms with E-state index in [0.29, 0.717) is 0 Å². The standard InChI is InChI=1S/C33H33OP/c1-6-15-25(4)32(33-30-21-14-13-16-27(30)22-23-31(33)34-24(2)3)26(5)35(28-17-9-7-10-18-28)29-19-11-8-12-20-29/h6-24H,5H2,1-4H3/b15-6-,32-25-. The predicted molar refractivity (Wildman–Crippen MR) is 155 cm³/mol. The Labute approximate surface area is 211 Å². The van der Waals surface area contributed by atoms with Crippen LogP contribution in [0.15, 0.2) is 127 Å². The molecule has 0 N–H and O–H groups in total. The van der Waals surface area contributed by atoms with E-state index in [-0.39, 0.29) is 6.10 Å². The summed E-state index contributed by atoms with van der Waals surface area (Å²) in [4.78, 5) is 0. The van der Waals surface area contributed by atoms with Crippen molar-refractivity contribution in [3.8, 4) is 5.75 Å². The Morgan fingerprint density at radius 1 is 0.800 bits per heavy atom. The van der Waals surface area contributed by atoms with Gasteiger partial charge in [0, 0.05) is 5.56 Å². The molecule has 0 fully saturated rings. The summed E-state index contributed by atoms with van der Waals surface area (Å²) < 4.78 is 6.41. The largest absolute Gasteiger partial charge is 0.490 e. The average molecular weight is 477 g/mol. The van der Waals surface area contributed by atoms with Gasteiger partial charge in [-0.1, -0.05) is 110 Å². The molecule has 0 aliphatic heterocycles. The van der Waals surface area contributed by atoms with E-state index in [9.17, 15) is 0 Å². The third-order valence-electron chi connectivity index (χ3n) is 5.90. The lowest BCUT2D eigenvalue weighted by molar-refractivity contribution is 0.242. The van der Waals surface area contributed by atoms with Gasteiger partial charge in [0.15, 0.2) is 0 Å². The van der Waals surface area contributed by atoms with Crippen molar-refractivity contribution in [3.05, 3.63) is 132 Å². The second kappa shape index (κ2) is 11.3. The molecule has 4 aromatic rings. The number of allylic oxidation sites excluding steroid dienone is 5. The van der Waals surface area contributed by atoms with Crippen molar-refractivity contribution in [1.29, 1.82) is 0 Å². The lowest BCUT2D eigenvalue weighted by Gasteiger charge is -2.27. The van der Waals surface area contributed by atoms with Crippen LogP contribution in [0, 0.1) is 0 Å².